The topological polar surface area (TPSA) is 96.9 Å². The van der Waals surface area contributed by atoms with E-state index < -0.39 is 5.97 Å². The third-order valence-electron chi connectivity index (χ3n) is 6.77. The second-order valence-corrected chi connectivity index (χ2v) is 8.79. The number of hydrogen-bond acceptors (Lipinski definition) is 4. The highest BCUT2D eigenvalue weighted by molar-refractivity contribution is 5.99. The maximum absolute atomic E-state index is 12.9. The Morgan fingerprint density at radius 1 is 1.12 bits per heavy atom. The molecule has 7 nitrogen and oxygen atoms in total. The third kappa shape index (κ3) is 4.43. The molecule has 1 aromatic heterocycles. The van der Waals surface area contributed by atoms with Crippen LogP contribution in [0.25, 0.3) is 16.5 Å². The number of carbonyl (C=O) groups excluding carboxylic acids is 1. The standard InChI is InChI=1S/C20H25N3O.C7H6O3/c1-4-23(5-2)20(24)14-9-16-15-7-6-8-17-19(15)13(11-21-17)10-18(16)22(3)12-14;8-6-3-1-5(2-4-6)7(9)10/h6-9,11,14,18,21H,4-5,10,12H2,1-3H3;1-4,8H,(H,9,10)/t14-,18-;/m1./s1. The van der Waals surface area contributed by atoms with Gasteiger partial charge in [-0.15, -0.1) is 0 Å². The highest BCUT2D eigenvalue weighted by atomic mass is 16.4. The number of phenolic OH excluding ortho intramolecular Hbond substituents is 1. The number of benzene rings is 2. The smallest absolute Gasteiger partial charge is 0.335 e. The van der Waals surface area contributed by atoms with Crippen molar-refractivity contribution in [2.75, 3.05) is 26.7 Å². The van der Waals surface area contributed by atoms with E-state index in [1.165, 1.54) is 51.9 Å². The van der Waals surface area contributed by atoms with Gasteiger partial charge in [-0.25, -0.2) is 4.79 Å². The summed E-state index contributed by atoms with van der Waals surface area (Å²) in [5, 5.41) is 18.5. The van der Waals surface area contributed by atoms with Crippen LogP contribution < -0.4 is 0 Å². The van der Waals surface area contributed by atoms with Gasteiger partial charge in [0.2, 0.25) is 5.91 Å². The summed E-state index contributed by atoms with van der Waals surface area (Å²) in [5.41, 5.74) is 5.39. The monoisotopic (exact) mass is 461 g/mol. The lowest BCUT2D eigenvalue weighted by Crippen LogP contribution is -2.47. The molecule has 3 aromatic rings. The molecule has 1 aliphatic carbocycles. The first kappa shape index (κ1) is 23.6. The summed E-state index contributed by atoms with van der Waals surface area (Å²) in [6.07, 6.45) is 5.41. The molecule has 3 N–H and O–H groups in total. The van der Waals surface area contributed by atoms with E-state index in [0.717, 1.165) is 26.1 Å². The molecule has 178 valence electrons. The zero-order valence-electron chi connectivity index (χ0n) is 19.8. The number of aromatic amines is 1. The lowest BCUT2D eigenvalue weighted by Gasteiger charge is -2.40. The molecule has 2 aliphatic rings. The van der Waals surface area contributed by atoms with Crippen LogP contribution >= 0.6 is 0 Å². The van der Waals surface area contributed by atoms with Crippen LogP contribution in [-0.2, 0) is 11.2 Å². The Morgan fingerprint density at radius 3 is 2.47 bits per heavy atom. The van der Waals surface area contributed by atoms with E-state index in [-0.39, 0.29) is 23.1 Å². The van der Waals surface area contributed by atoms with Gasteiger partial charge in [-0.1, -0.05) is 18.2 Å². The molecule has 1 amide bonds. The van der Waals surface area contributed by atoms with Crippen molar-refractivity contribution in [3.8, 4) is 5.75 Å². The molecule has 0 fully saturated rings. The zero-order valence-corrected chi connectivity index (χ0v) is 19.8. The number of rotatable bonds is 4. The van der Waals surface area contributed by atoms with E-state index in [1.807, 2.05) is 4.90 Å². The Hall–Kier alpha value is -3.58. The Bertz CT molecular complexity index is 1220. The van der Waals surface area contributed by atoms with Gasteiger partial charge >= 0.3 is 5.97 Å². The molecule has 2 atom stereocenters. The second kappa shape index (κ2) is 9.73. The van der Waals surface area contributed by atoms with Crippen LogP contribution in [-0.4, -0.2) is 69.6 Å². The van der Waals surface area contributed by atoms with Crippen molar-refractivity contribution in [3.05, 3.63) is 71.4 Å². The van der Waals surface area contributed by atoms with Gasteiger partial charge in [0.15, 0.2) is 0 Å². The Kier molecular flexibility index (Phi) is 6.75. The van der Waals surface area contributed by atoms with Gasteiger partial charge in [-0.3, -0.25) is 9.69 Å². The summed E-state index contributed by atoms with van der Waals surface area (Å²) in [7, 11) is 2.15. The first-order chi connectivity index (χ1) is 16.3. The molecule has 5 rings (SSSR count). The number of carboxylic acids is 1. The summed E-state index contributed by atoms with van der Waals surface area (Å²) in [5.74, 6) is -0.702. The number of aromatic hydroxyl groups is 1. The maximum Gasteiger partial charge on any atom is 0.335 e. The number of amides is 1. The molecule has 0 bridgehead atoms. The number of carboxylic acid groups (broad SMARTS) is 1. The molecule has 2 aromatic carbocycles. The summed E-state index contributed by atoms with van der Waals surface area (Å²) < 4.78 is 0. The number of H-pyrrole nitrogens is 1. The van der Waals surface area contributed by atoms with E-state index in [1.54, 1.807) is 0 Å². The number of aromatic carboxylic acids is 1. The Balaban J connectivity index is 0.000000231. The van der Waals surface area contributed by atoms with E-state index in [9.17, 15) is 9.59 Å². The van der Waals surface area contributed by atoms with Crippen LogP contribution in [0.4, 0.5) is 0 Å². The molecule has 7 heteroatoms. The number of phenols is 1. The lowest BCUT2D eigenvalue weighted by atomic mass is 9.79. The van der Waals surface area contributed by atoms with Crippen molar-refractivity contribution in [1.82, 2.24) is 14.8 Å². The van der Waals surface area contributed by atoms with Crippen LogP contribution in [0.1, 0.15) is 35.3 Å². The molecule has 0 spiro atoms. The average molecular weight is 462 g/mol. The molecule has 1 aliphatic heterocycles. The SMILES string of the molecule is CCN(CC)C(=O)[C@@H]1C=C2c3cccc4[nH]cc(c34)C[C@H]2N(C)C1.O=C(O)c1ccc(O)cc1. The van der Waals surface area contributed by atoms with E-state index in [4.69, 9.17) is 10.2 Å². The largest absolute Gasteiger partial charge is 0.508 e. The number of likely N-dealkylation sites (N-methyl/N-ethyl adjacent to an activating group) is 1. The quantitative estimate of drug-likeness (QED) is 0.546. The van der Waals surface area contributed by atoms with Crippen molar-refractivity contribution >= 4 is 28.4 Å². The van der Waals surface area contributed by atoms with Gasteiger partial charge < -0.3 is 20.1 Å². The third-order valence-corrected chi connectivity index (χ3v) is 6.77. The number of nitrogens with zero attached hydrogens (tertiary/aromatic N) is 2. The van der Waals surface area contributed by atoms with Crippen molar-refractivity contribution in [2.24, 2.45) is 5.92 Å². The van der Waals surface area contributed by atoms with E-state index in [0.29, 0.717) is 6.04 Å². The summed E-state index contributed by atoms with van der Waals surface area (Å²) >= 11 is 0. The molecule has 0 saturated heterocycles. The molecular formula is C27H31N3O4. The van der Waals surface area contributed by atoms with Crippen molar-refractivity contribution < 1.29 is 19.8 Å². The highest BCUT2D eigenvalue weighted by Gasteiger charge is 2.36. The number of hydrogen-bond donors (Lipinski definition) is 3. The van der Waals surface area contributed by atoms with Gasteiger partial charge in [-0.2, -0.15) is 0 Å². The molecule has 0 radical (unpaired) electrons. The first-order valence-corrected chi connectivity index (χ1v) is 11.7. The molecule has 34 heavy (non-hydrogen) atoms. The van der Waals surface area contributed by atoms with Crippen molar-refractivity contribution in [2.45, 2.75) is 26.3 Å². The fourth-order valence-electron chi connectivity index (χ4n) is 4.98. The Labute approximate surface area is 199 Å². The number of fused-ring (bicyclic) bond motifs is 2. The molecule has 0 unspecified atom stereocenters. The average Bonchev–Trinajstić information content (AvgIpc) is 3.25. The highest BCUT2D eigenvalue weighted by Crippen LogP contribution is 2.40. The zero-order chi connectivity index (χ0) is 24.4. The fourth-order valence-corrected chi connectivity index (χ4v) is 4.98. The van der Waals surface area contributed by atoms with E-state index in [2.05, 4.69) is 61.3 Å². The van der Waals surface area contributed by atoms with Crippen LogP contribution in [0.3, 0.4) is 0 Å². The minimum absolute atomic E-state index is 0.0445. The number of aromatic nitrogens is 1. The second-order valence-electron chi connectivity index (χ2n) is 8.79. The van der Waals surface area contributed by atoms with Crippen LogP contribution in [0.15, 0.2) is 54.7 Å². The predicted molar refractivity (Wildman–Crippen MR) is 133 cm³/mol. The number of nitrogens with one attached hydrogen (secondary N) is 1. The van der Waals surface area contributed by atoms with Gasteiger partial charge in [0.05, 0.1) is 11.5 Å². The maximum atomic E-state index is 12.9. The molecular weight excluding hydrogens is 430 g/mol. The van der Waals surface area contributed by atoms with E-state index >= 15 is 0 Å². The minimum atomic E-state index is -0.986. The summed E-state index contributed by atoms with van der Waals surface area (Å²) in [6.45, 7) is 6.47. The first-order valence-electron chi connectivity index (χ1n) is 11.7. The number of carbonyl (C=O) groups is 2. The van der Waals surface area contributed by atoms with Crippen molar-refractivity contribution in [1.29, 1.82) is 0 Å². The van der Waals surface area contributed by atoms with Gasteiger partial charge in [-0.05, 0) is 74.3 Å². The van der Waals surface area contributed by atoms with Gasteiger partial charge in [0.25, 0.3) is 0 Å². The molecule has 0 saturated carbocycles. The van der Waals surface area contributed by atoms with Crippen LogP contribution in [0.5, 0.6) is 5.75 Å². The minimum Gasteiger partial charge on any atom is -0.508 e. The predicted octanol–water partition coefficient (Wildman–Crippen LogP) is 4.00. The molecule has 2 heterocycles. The van der Waals surface area contributed by atoms with Crippen LogP contribution in [0.2, 0.25) is 0 Å². The summed E-state index contributed by atoms with van der Waals surface area (Å²) in [6, 6.07) is 12.2. The van der Waals surface area contributed by atoms with Gasteiger partial charge in [0.1, 0.15) is 5.75 Å². The Morgan fingerprint density at radius 2 is 1.82 bits per heavy atom. The summed E-state index contributed by atoms with van der Waals surface area (Å²) in [4.78, 5) is 30.8. The normalized spacial score (nSPS) is 19.0. The van der Waals surface area contributed by atoms with Crippen molar-refractivity contribution in [3.63, 3.8) is 0 Å². The fraction of sp³-hybridized carbons (Fsp3) is 0.333. The van der Waals surface area contributed by atoms with Gasteiger partial charge in [0, 0.05) is 42.8 Å². The van der Waals surface area contributed by atoms with Crippen LogP contribution in [0, 0.1) is 5.92 Å². The lowest BCUT2D eigenvalue weighted by molar-refractivity contribution is -0.134.